The first kappa shape index (κ1) is 14.2. The highest BCUT2D eigenvalue weighted by Gasteiger charge is 2.21. The summed E-state index contributed by atoms with van der Waals surface area (Å²) >= 11 is 0. The van der Waals surface area contributed by atoms with Crippen molar-refractivity contribution >= 4 is 15.7 Å². The van der Waals surface area contributed by atoms with Crippen LogP contribution in [0.15, 0.2) is 23.1 Å². The number of nitrogens with two attached hydrogens (primary N) is 1. The van der Waals surface area contributed by atoms with Gasteiger partial charge in [-0.3, -0.25) is 0 Å². The first-order valence-electron chi connectivity index (χ1n) is 5.73. The molecule has 19 heavy (non-hydrogen) atoms. The lowest BCUT2D eigenvalue weighted by molar-refractivity contribution is -0.0846. The second kappa shape index (κ2) is 5.83. The van der Waals surface area contributed by atoms with Gasteiger partial charge < -0.3 is 15.2 Å². The Morgan fingerprint density at radius 3 is 2.89 bits per heavy atom. The molecule has 1 atom stereocenters. The number of nitrogens with one attached hydrogen (secondary N) is 1. The van der Waals surface area contributed by atoms with E-state index in [1.807, 2.05) is 0 Å². The fraction of sp³-hybridized carbons (Fsp3) is 0.455. The SMILES string of the molecule is Nc1ccc(F)cc1S(=O)(=O)NCC1COCCO1. The van der Waals surface area contributed by atoms with Crippen molar-refractivity contribution in [3.63, 3.8) is 0 Å². The third-order valence-electron chi connectivity index (χ3n) is 2.65. The predicted octanol–water partition coefficient (Wildman–Crippen LogP) is 0.102. The molecule has 1 fully saturated rings. The van der Waals surface area contributed by atoms with Crippen LogP contribution in [-0.2, 0) is 19.5 Å². The smallest absolute Gasteiger partial charge is 0.242 e. The van der Waals surface area contributed by atoms with E-state index in [4.69, 9.17) is 15.2 Å². The van der Waals surface area contributed by atoms with Crippen LogP contribution >= 0.6 is 0 Å². The molecule has 1 aliphatic heterocycles. The van der Waals surface area contributed by atoms with Crippen LogP contribution in [0.25, 0.3) is 0 Å². The quantitative estimate of drug-likeness (QED) is 0.768. The predicted molar refractivity (Wildman–Crippen MR) is 66.6 cm³/mol. The van der Waals surface area contributed by atoms with E-state index in [9.17, 15) is 12.8 Å². The Kier molecular flexibility index (Phi) is 4.35. The number of hydrogen-bond donors (Lipinski definition) is 2. The molecule has 1 aliphatic rings. The van der Waals surface area contributed by atoms with Crippen molar-refractivity contribution in [2.75, 3.05) is 32.1 Å². The first-order valence-corrected chi connectivity index (χ1v) is 7.21. The summed E-state index contributed by atoms with van der Waals surface area (Å²) in [7, 11) is -3.86. The Labute approximate surface area is 110 Å². The third kappa shape index (κ3) is 3.63. The number of sulfonamides is 1. The summed E-state index contributed by atoms with van der Waals surface area (Å²) in [6.45, 7) is 1.30. The minimum atomic E-state index is -3.86. The van der Waals surface area contributed by atoms with Gasteiger partial charge in [0.05, 0.1) is 31.6 Å². The number of nitrogen functional groups attached to an aromatic ring is 1. The summed E-state index contributed by atoms with van der Waals surface area (Å²) in [4.78, 5) is -0.274. The van der Waals surface area contributed by atoms with Crippen LogP contribution in [0.5, 0.6) is 0 Å². The largest absolute Gasteiger partial charge is 0.398 e. The number of anilines is 1. The first-order chi connectivity index (χ1) is 8.99. The topological polar surface area (TPSA) is 90.7 Å². The molecule has 3 N–H and O–H groups in total. The van der Waals surface area contributed by atoms with Crippen LogP contribution < -0.4 is 10.5 Å². The van der Waals surface area contributed by atoms with Crippen molar-refractivity contribution < 1.29 is 22.3 Å². The molecule has 1 aromatic rings. The maximum absolute atomic E-state index is 13.1. The number of benzene rings is 1. The van der Waals surface area contributed by atoms with E-state index in [2.05, 4.69) is 4.72 Å². The van der Waals surface area contributed by atoms with E-state index in [-0.39, 0.29) is 23.2 Å². The lowest BCUT2D eigenvalue weighted by Crippen LogP contribution is -2.39. The van der Waals surface area contributed by atoms with E-state index < -0.39 is 15.8 Å². The van der Waals surface area contributed by atoms with Gasteiger partial charge >= 0.3 is 0 Å². The Morgan fingerprint density at radius 2 is 2.21 bits per heavy atom. The number of rotatable bonds is 4. The van der Waals surface area contributed by atoms with Crippen LogP contribution in [-0.4, -0.2) is 40.9 Å². The summed E-state index contributed by atoms with van der Waals surface area (Å²) < 4.78 is 49.9. The Balaban J connectivity index is 2.07. The average Bonchev–Trinajstić information content (AvgIpc) is 2.40. The van der Waals surface area contributed by atoms with Gasteiger partial charge in [0.2, 0.25) is 10.0 Å². The van der Waals surface area contributed by atoms with E-state index >= 15 is 0 Å². The summed E-state index contributed by atoms with van der Waals surface area (Å²) in [6, 6.07) is 3.20. The minimum Gasteiger partial charge on any atom is -0.398 e. The maximum atomic E-state index is 13.1. The molecule has 0 spiro atoms. The highest BCUT2D eigenvalue weighted by molar-refractivity contribution is 7.89. The molecule has 1 heterocycles. The highest BCUT2D eigenvalue weighted by atomic mass is 32.2. The zero-order chi connectivity index (χ0) is 13.9. The Morgan fingerprint density at radius 1 is 1.42 bits per heavy atom. The van der Waals surface area contributed by atoms with Crippen LogP contribution in [0.3, 0.4) is 0 Å². The van der Waals surface area contributed by atoms with Gasteiger partial charge in [-0.2, -0.15) is 0 Å². The second-order valence-electron chi connectivity index (χ2n) is 4.10. The van der Waals surface area contributed by atoms with Crippen LogP contribution in [0.1, 0.15) is 0 Å². The molecule has 0 aromatic heterocycles. The minimum absolute atomic E-state index is 0.00490. The van der Waals surface area contributed by atoms with Crippen molar-refractivity contribution in [2.45, 2.75) is 11.0 Å². The molecule has 0 bridgehead atoms. The van der Waals surface area contributed by atoms with Crippen molar-refractivity contribution in [1.82, 2.24) is 4.72 Å². The lowest BCUT2D eigenvalue weighted by atomic mass is 10.3. The van der Waals surface area contributed by atoms with Gasteiger partial charge in [-0.15, -0.1) is 0 Å². The standard InChI is InChI=1S/C11H15FN2O4S/c12-8-1-2-10(13)11(5-8)19(15,16)14-6-9-7-17-3-4-18-9/h1-2,5,9,14H,3-4,6-7,13H2. The molecule has 0 amide bonds. The summed E-state index contributed by atoms with van der Waals surface area (Å²) in [5.74, 6) is -0.660. The molecular formula is C11H15FN2O4S. The zero-order valence-corrected chi connectivity index (χ0v) is 11.0. The maximum Gasteiger partial charge on any atom is 0.242 e. The molecule has 2 rings (SSSR count). The molecule has 1 unspecified atom stereocenters. The van der Waals surface area contributed by atoms with Gasteiger partial charge in [-0.1, -0.05) is 0 Å². The average molecular weight is 290 g/mol. The zero-order valence-electron chi connectivity index (χ0n) is 10.1. The third-order valence-corrected chi connectivity index (χ3v) is 4.13. The molecule has 8 heteroatoms. The van der Waals surface area contributed by atoms with Crippen molar-refractivity contribution in [2.24, 2.45) is 0 Å². The number of halogens is 1. The van der Waals surface area contributed by atoms with Gasteiger partial charge in [0.15, 0.2) is 0 Å². The lowest BCUT2D eigenvalue weighted by Gasteiger charge is -2.23. The van der Waals surface area contributed by atoms with Crippen molar-refractivity contribution in [3.8, 4) is 0 Å². The monoisotopic (exact) mass is 290 g/mol. The van der Waals surface area contributed by atoms with Crippen molar-refractivity contribution in [1.29, 1.82) is 0 Å². The van der Waals surface area contributed by atoms with Crippen LogP contribution in [0.2, 0.25) is 0 Å². The van der Waals surface area contributed by atoms with E-state index in [1.165, 1.54) is 6.07 Å². The molecule has 0 saturated carbocycles. The summed E-state index contributed by atoms with van der Waals surface area (Å²) in [5.41, 5.74) is 5.54. The van der Waals surface area contributed by atoms with E-state index in [1.54, 1.807) is 0 Å². The fourth-order valence-corrected chi connectivity index (χ4v) is 2.88. The molecule has 106 valence electrons. The molecule has 0 radical (unpaired) electrons. The van der Waals surface area contributed by atoms with E-state index in [0.29, 0.717) is 19.8 Å². The molecule has 1 saturated heterocycles. The highest BCUT2D eigenvalue weighted by Crippen LogP contribution is 2.19. The van der Waals surface area contributed by atoms with Gasteiger partial charge in [-0.25, -0.2) is 17.5 Å². The molecule has 0 aliphatic carbocycles. The van der Waals surface area contributed by atoms with Gasteiger partial charge in [0, 0.05) is 6.54 Å². The van der Waals surface area contributed by atoms with Gasteiger partial charge in [0.1, 0.15) is 10.7 Å². The van der Waals surface area contributed by atoms with Gasteiger partial charge in [0.25, 0.3) is 0 Å². The Bertz CT molecular complexity index is 544. The summed E-state index contributed by atoms with van der Waals surface area (Å²) in [6.07, 6.45) is -0.349. The second-order valence-corrected chi connectivity index (χ2v) is 5.84. The van der Waals surface area contributed by atoms with Crippen LogP contribution in [0, 0.1) is 5.82 Å². The van der Waals surface area contributed by atoms with Crippen LogP contribution in [0.4, 0.5) is 10.1 Å². The number of ether oxygens (including phenoxy) is 2. The normalized spacial score (nSPS) is 20.4. The summed E-state index contributed by atoms with van der Waals surface area (Å²) in [5, 5.41) is 0. The Hall–Kier alpha value is -1.22. The molecule has 1 aromatic carbocycles. The van der Waals surface area contributed by atoms with E-state index in [0.717, 1.165) is 12.1 Å². The molecule has 6 nitrogen and oxygen atoms in total. The molecular weight excluding hydrogens is 275 g/mol. The van der Waals surface area contributed by atoms with Gasteiger partial charge in [-0.05, 0) is 18.2 Å². The number of hydrogen-bond acceptors (Lipinski definition) is 5. The fourth-order valence-electron chi connectivity index (χ4n) is 1.68. The van der Waals surface area contributed by atoms with Crippen molar-refractivity contribution in [3.05, 3.63) is 24.0 Å².